The van der Waals surface area contributed by atoms with Crippen LogP contribution in [-0.2, 0) is 4.74 Å². The average Bonchev–Trinajstić information content (AvgIpc) is 1.85. The Morgan fingerprint density at radius 2 is 2.56 bits per heavy atom. The lowest BCUT2D eigenvalue weighted by Crippen LogP contribution is -2.15. The minimum Gasteiger partial charge on any atom is -0.442 e. The summed E-state index contributed by atoms with van der Waals surface area (Å²) in [5.74, 6) is 0.846. The highest BCUT2D eigenvalue weighted by atomic mass is 32.2. The molecule has 0 atom stereocenters. The molecule has 0 unspecified atom stereocenters. The van der Waals surface area contributed by atoms with Crippen LogP contribution in [0.25, 0.3) is 0 Å². The predicted octanol–water partition coefficient (Wildman–Crippen LogP) is 1.56. The Kier molecular flexibility index (Phi) is 5.51. The first-order valence-corrected chi connectivity index (χ1v) is 3.66. The van der Waals surface area contributed by atoms with Crippen LogP contribution >= 0.6 is 11.9 Å². The van der Waals surface area contributed by atoms with Crippen molar-refractivity contribution in [3.63, 3.8) is 0 Å². The Hall–Kier alpha value is -0.380. The smallest absolute Gasteiger partial charge is 0.417 e. The van der Waals surface area contributed by atoms with Crippen molar-refractivity contribution in [2.24, 2.45) is 0 Å². The second-order valence-electron chi connectivity index (χ2n) is 1.18. The summed E-state index contributed by atoms with van der Waals surface area (Å²) in [5, 5.41) is 0. The van der Waals surface area contributed by atoms with Gasteiger partial charge in [0.15, 0.2) is 0 Å². The van der Waals surface area contributed by atoms with E-state index in [1.54, 1.807) is 6.92 Å². The molecule has 1 N–H and O–H groups in total. The van der Waals surface area contributed by atoms with E-state index in [0.29, 0.717) is 0 Å². The molecular weight excluding hydrogens is 138 g/mol. The van der Waals surface area contributed by atoms with Crippen molar-refractivity contribution in [1.29, 1.82) is 0 Å². The van der Waals surface area contributed by atoms with E-state index in [-0.39, 0.29) is 0 Å². The molecule has 3 nitrogen and oxygen atoms in total. The van der Waals surface area contributed by atoms with E-state index in [4.69, 9.17) is 0 Å². The fourth-order valence-electron chi connectivity index (χ4n) is 0.262. The molecule has 1 radical (unpaired) electrons. The molecule has 0 rings (SSSR count). The summed E-state index contributed by atoms with van der Waals surface area (Å²) in [4.78, 5) is 10.4. The lowest BCUT2D eigenvalue weighted by molar-refractivity contribution is 0.180. The van der Waals surface area contributed by atoms with E-state index in [2.05, 4.69) is 9.46 Å². The molecule has 0 aliphatic rings. The molecule has 53 valence electrons. The number of carbonyl (C=O) groups excluding carboxylic acids is 1. The molecule has 0 aromatic carbocycles. The van der Waals surface area contributed by atoms with Gasteiger partial charge in [0.2, 0.25) is 0 Å². The molecule has 0 aromatic heterocycles. The summed E-state index contributed by atoms with van der Waals surface area (Å²) in [6.45, 7) is 4.93. The quantitative estimate of drug-likeness (QED) is 0.617. The van der Waals surface area contributed by atoms with Crippen molar-refractivity contribution in [3.05, 3.63) is 6.61 Å². The Morgan fingerprint density at radius 1 is 1.89 bits per heavy atom. The normalized spacial score (nSPS) is 8.67. The molecule has 4 heteroatoms. The first-order valence-electron chi connectivity index (χ1n) is 2.67. The van der Waals surface area contributed by atoms with Crippen LogP contribution in [0.2, 0.25) is 0 Å². The number of ether oxygens (including phenoxy) is 1. The van der Waals surface area contributed by atoms with Crippen LogP contribution in [0.15, 0.2) is 0 Å². The number of nitrogens with one attached hydrogen (secondary N) is 1. The fourth-order valence-corrected chi connectivity index (χ4v) is 0.572. The van der Waals surface area contributed by atoms with Crippen LogP contribution in [0.5, 0.6) is 0 Å². The van der Waals surface area contributed by atoms with Gasteiger partial charge >= 0.3 is 6.09 Å². The van der Waals surface area contributed by atoms with Gasteiger partial charge in [-0.2, -0.15) is 0 Å². The summed E-state index contributed by atoms with van der Waals surface area (Å²) in [5.41, 5.74) is 0. The highest BCUT2D eigenvalue weighted by Gasteiger charge is 1.96. The summed E-state index contributed by atoms with van der Waals surface area (Å²) in [6.07, 6.45) is -0.413. The number of hydrogen-bond acceptors (Lipinski definition) is 3. The van der Waals surface area contributed by atoms with Crippen LogP contribution in [-0.4, -0.2) is 11.8 Å². The second kappa shape index (κ2) is 5.75. The maximum Gasteiger partial charge on any atom is 0.417 e. The standard InChI is InChI=1S/C5H10NO2S/c1-3-8-5(7)6-9-4-2/h3H,4H2,1-2H3,(H,6,7). The van der Waals surface area contributed by atoms with Gasteiger partial charge in [-0.25, -0.2) is 4.79 Å². The Balaban J connectivity index is 3.06. The van der Waals surface area contributed by atoms with Gasteiger partial charge in [-0.1, -0.05) is 6.92 Å². The molecule has 0 fully saturated rings. The van der Waals surface area contributed by atoms with Gasteiger partial charge in [0.25, 0.3) is 0 Å². The second-order valence-corrected chi connectivity index (χ2v) is 2.25. The Labute approximate surface area is 59.3 Å². The SMILES string of the molecule is C[CH]OC(=O)NSCC. The van der Waals surface area contributed by atoms with E-state index < -0.39 is 6.09 Å². The zero-order chi connectivity index (χ0) is 7.11. The highest BCUT2D eigenvalue weighted by molar-refractivity contribution is 7.97. The zero-order valence-electron chi connectivity index (χ0n) is 5.51. The number of hydrogen-bond donors (Lipinski definition) is 1. The van der Waals surface area contributed by atoms with Crippen molar-refractivity contribution in [2.75, 3.05) is 5.75 Å². The van der Waals surface area contributed by atoms with Gasteiger partial charge in [0.1, 0.15) is 6.61 Å². The molecule has 0 heterocycles. The Morgan fingerprint density at radius 3 is 3.00 bits per heavy atom. The van der Waals surface area contributed by atoms with Gasteiger partial charge < -0.3 is 4.74 Å². The van der Waals surface area contributed by atoms with E-state index in [0.717, 1.165) is 5.75 Å². The van der Waals surface area contributed by atoms with Crippen molar-refractivity contribution in [3.8, 4) is 0 Å². The van der Waals surface area contributed by atoms with Crippen LogP contribution in [0.3, 0.4) is 0 Å². The summed E-state index contributed by atoms with van der Waals surface area (Å²) in [7, 11) is 0. The summed E-state index contributed by atoms with van der Waals surface area (Å²) < 4.78 is 6.91. The van der Waals surface area contributed by atoms with Crippen molar-refractivity contribution < 1.29 is 9.53 Å². The topological polar surface area (TPSA) is 38.3 Å². The van der Waals surface area contributed by atoms with E-state index >= 15 is 0 Å². The maximum atomic E-state index is 10.4. The van der Waals surface area contributed by atoms with E-state index in [1.807, 2.05) is 6.92 Å². The van der Waals surface area contributed by atoms with Gasteiger partial charge in [-0.3, -0.25) is 4.72 Å². The van der Waals surface area contributed by atoms with Crippen molar-refractivity contribution >= 4 is 18.0 Å². The van der Waals surface area contributed by atoms with Gasteiger partial charge in [-0.15, -0.1) is 0 Å². The monoisotopic (exact) mass is 148 g/mol. The number of carbonyl (C=O) groups is 1. The highest BCUT2D eigenvalue weighted by Crippen LogP contribution is 1.92. The van der Waals surface area contributed by atoms with E-state index in [1.165, 1.54) is 18.6 Å². The lowest BCUT2D eigenvalue weighted by Gasteiger charge is -1.99. The third-order valence-corrected chi connectivity index (χ3v) is 1.12. The van der Waals surface area contributed by atoms with Gasteiger partial charge in [0, 0.05) is 5.75 Å². The third kappa shape index (κ3) is 5.49. The van der Waals surface area contributed by atoms with Crippen LogP contribution in [0.1, 0.15) is 13.8 Å². The van der Waals surface area contributed by atoms with Gasteiger partial charge in [0.05, 0.1) is 0 Å². The van der Waals surface area contributed by atoms with E-state index in [9.17, 15) is 4.79 Å². The summed E-state index contributed by atoms with van der Waals surface area (Å²) in [6, 6.07) is 0. The van der Waals surface area contributed by atoms with Crippen LogP contribution in [0.4, 0.5) is 4.79 Å². The lowest BCUT2D eigenvalue weighted by atomic mass is 10.9. The molecule has 0 bridgehead atoms. The van der Waals surface area contributed by atoms with Crippen LogP contribution in [0, 0.1) is 6.61 Å². The fraction of sp³-hybridized carbons (Fsp3) is 0.600. The van der Waals surface area contributed by atoms with Crippen molar-refractivity contribution in [1.82, 2.24) is 4.72 Å². The Bertz CT molecular complexity index is 87.0. The number of amides is 1. The molecule has 0 aliphatic heterocycles. The molecule has 9 heavy (non-hydrogen) atoms. The maximum absolute atomic E-state index is 10.4. The molecular formula is C5H10NO2S. The average molecular weight is 148 g/mol. The first-order chi connectivity index (χ1) is 4.31. The number of rotatable bonds is 3. The third-order valence-electron chi connectivity index (χ3n) is 0.525. The molecule has 0 spiro atoms. The molecule has 0 saturated heterocycles. The predicted molar refractivity (Wildman–Crippen MR) is 37.7 cm³/mol. The minimum atomic E-state index is -0.413. The van der Waals surface area contributed by atoms with Gasteiger partial charge in [-0.05, 0) is 18.9 Å². The first kappa shape index (κ1) is 8.62. The molecule has 1 amide bonds. The summed E-state index contributed by atoms with van der Waals surface area (Å²) >= 11 is 1.31. The molecule has 0 aromatic rings. The largest absolute Gasteiger partial charge is 0.442 e. The minimum absolute atomic E-state index is 0.413. The zero-order valence-corrected chi connectivity index (χ0v) is 6.33. The van der Waals surface area contributed by atoms with Crippen molar-refractivity contribution in [2.45, 2.75) is 13.8 Å². The van der Waals surface area contributed by atoms with Crippen LogP contribution < -0.4 is 4.72 Å². The molecule has 0 saturated carbocycles. The molecule has 0 aliphatic carbocycles.